The number of piperidine rings is 1. The first-order valence-corrected chi connectivity index (χ1v) is 7.66. The predicted octanol–water partition coefficient (Wildman–Crippen LogP) is 2.48. The molecule has 0 aliphatic carbocycles. The third kappa shape index (κ3) is 3.63. The summed E-state index contributed by atoms with van der Waals surface area (Å²) in [5.41, 5.74) is 1.15. The van der Waals surface area contributed by atoms with E-state index in [0.717, 1.165) is 30.2 Å². The molecule has 1 saturated heterocycles. The number of aromatic nitrogens is 3. The zero-order valence-electron chi connectivity index (χ0n) is 12.8. The summed E-state index contributed by atoms with van der Waals surface area (Å²) in [6, 6.07) is 7.93. The fourth-order valence-corrected chi connectivity index (χ4v) is 2.57. The second kappa shape index (κ2) is 7.06. The van der Waals surface area contributed by atoms with Gasteiger partial charge in [0.15, 0.2) is 5.82 Å². The van der Waals surface area contributed by atoms with Gasteiger partial charge in [0.25, 0.3) is 0 Å². The minimum atomic E-state index is 0.568. The zero-order valence-corrected chi connectivity index (χ0v) is 12.8. The van der Waals surface area contributed by atoms with Crippen molar-refractivity contribution in [2.75, 3.05) is 30.4 Å². The van der Waals surface area contributed by atoms with Gasteiger partial charge in [0, 0.05) is 19.6 Å². The molecule has 1 aromatic carbocycles. The maximum Gasteiger partial charge on any atom is 0.244 e. The van der Waals surface area contributed by atoms with Gasteiger partial charge in [-0.25, -0.2) is 0 Å². The van der Waals surface area contributed by atoms with Gasteiger partial charge >= 0.3 is 0 Å². The zero-order chi connectivity index (χ0) is 15.2. The van der Waals surface area contributed by atoms with Crippen LogP contribution >= 0.6 is 0 Å². The number of nitrogens with one attached hydrogen (secondary N) is 1. The number of anilines is 2. The summed E-state index contributed by atoms with van der Waals surface area (Å²) < 4.78 is 5.15. The molecule has 6 nitrogen and oxygen atoms in total. The van der Waals surface area contributed by atoms with Crippen molar-refractivity contribution in [3.05, 3.63) is 36.0 Å². The normalized spacial score (nSPS) is 14.7. The molecule has 6 heteroatoms. The molecule has 1 aliphatic heterocycles. The minimum absolute atomic E-state index is 0.568. The predicted molar refractivity (Wildman–Crippen MR) is 86.2 cm³/mol. The van der Waals surface area contributed by atoms with Crippen LogP contribution in [0.2, 0.25) is 0 Å². The van der Waals surface area contributed by atoms with Crippen LogP contribution in [0.5, 0.6) is 5.75 Å². The molecule has 0 amide bonds. The number of nitrogens with zero attached hydrogens (tertiary/aromatic N) is 4. The summed E-state index contributed by atoms with van der Waals surface area (Å²) in [6.45, 7) is 2.77. The third-order valence-electron chi connectivity index (χ3n) is 3.84. The van der Waals surface area contributed by atoms with Crippen LogP contribution in [0.15, 0.2) is 30.5 Å². The maximum atomic E-state index is 5.15. The monoisotopic (exact) mass is 299 g/mol. The number of rotatable bonds is 5. The van der Waals surface area contributed by atoms with Crippen molar-refractivity contribution in [2.45, 2.75) is 25.8 Å². The number of benzene rings is 1. The molecule has 1 fully saturated rings. The van der Waals surface area contributed by atoms with Crippen molar-refractivity contribution in [1.82, 2.24) is 15.2 Å². The first kappa shape index (κ1) is 14.6. The Morgan fingerprint density at radius 3 is 2.64 bits per heavy atom. The van der Waals surface area contributed by atoms with Crippen LogP contribution in [0, 0.1) is 0 Å². The molecule has 0 spiro atoms. The molecule has 0 bridgehead atoms. The van der Waals surface area contributed by atoms with Crippen LogP contribution < -0.4 is 15.0 Å². The average Bonchev–Trinajstić information content (AvgIpc) is 2.61. The fraction of sp³-hybridized carbons (Fsp3) is 0.438. The molecule has 1 aliphatic rings. The molecule has 2 heterocycles. The van der Waals surface area contributed by atoms with Gasteiger partial charge in [0.1, 0.15) is 5.75 Å². The van der Waals surface area contributed by atoms with Crippen molar-refractivity contribution < 1.29 is 4.74 Å². The van der Waals surface area contributed by atoms with E-state index in [0.29, 0.717) is 12.5 Å². The Labute approximate surface area is 130 Å². The number of hydrogen-bond acceptors (Lipinski definition) is 6. The van der Waals surface area contributed by atoms with Gasteiger partial charge in [-0.2, -0.15) is 10.1 Å². The second-order valence-electron chi connectivity index (χ2n) is 5.39. The highest BCUT2D eigenvalue weighted by molar-refractivity contribution is 5.41. The Kier molecular flexibility index (Phi) is 4.68. The maximum absolute atomic E-state index is 5.15. The highest BCUT2D eigenvalue weighted by atomic mass is 16.5. The van der Waals surface area contributed by atoms with Crippen molar-refractivity contribution >= 4 is 11.8 Å². The molecule has 0 radical (unpaired) electrons. The van der Waals surface area contributed by atoms with E-state index < -0.39 is 0 Å². The highest BCUT2D eigenvalue weighted by Gasteiger charge is 2.13. The van der Waals surface area contributed by atoms with Crippen LogP contribution in [0.1, 0.15) is 24.8 Å². The molecular formula is C16H21N5O. The second-order valence-corrected chi connectivity index (χ2v) is 5.39. The molecule has 116 valence electrons. The van der Waals surface area contributed by atoms with Gasteiger partial charge in [-0.05, 0) is 37.0 Å². The quantitative estimate of drug-likeness (QED) is 0.915. The Hall–Kier alpha value is -2.37. The molecule has 0 unspecified atom stereocenters. The van der Waals surface area contributed by atoms with Gasteiger partial charge in [-0.15, -0.1) is 5.10 Å². The summed E-state index contributed by atoms with van der Waals surface area (Å²) >= 11 is 0. The number of ether oxygens (including phenoxy) is 1. The van der Waals surface area contributed by atoms with Crippen molar-refractivity contribution in [1.29, 1.82) is 0 Å². The molecule has 22 heavy (non-hydrogen) atoms. The largest absolute Gasteiger partial charge is 0.497 e. The molecular weight excluding hydrogens is 278 g/mol. The van der Waals surface area contributed by atoms with Crippen LogP contribution in [0.25, 0.3) is 0 Å². The van der Waals surface area contributed by atoms with Gasteiger partial charge in [-0.3, -0.25) is 0 Å². The van der Waals surface area contributed by atoms with Crippen LogP contribution in [-0.4, -0.2) is 35.4 Å². The summed E-state index contributed by atoms with van der Waals surface area (Å²) in [6.07, 6.45) is 5.48. The average molecular weight is 299 g/mol. The fourth-order valence-electron chi connectivity index (χ4n) is 2.57. The smallest absolute Gasteiger partial charge is 0.244 e. The molecule has 1 N–H and O–H groups in total. The standard InChI is InChI=1S/C16H21N5O/c1-22-14-7-5-13(6-8-14)11-17-16-19-15(12-18-20-16)21-9-3-2-4-10-21/h5-8,12H,2-4,9-11H2,1H3,(H,17,19,20). The lowest BCUT2D eigenvalue weighted by atomic mass is 10.1. The van der Waals surface area contributed by atoms with E-state index in [1.807, 2.05) is 24.3 Å². The Bertz CT molecular complexity index is 596. The van der Waals surface area contributed by atoms with E-state index in [1.54, 1.807) is 13.3 Å². The molecule has 0 saturated carbocycles. The number of hydrogen-bond donors (Lipinski definition) is 1. The first-order chi connectivity index (χ1) is 10.8. The van der Waals surface area contributed by atoms with Gasteiger partial charge in [0.2, 0.25) is 5.95 Å². The Morgan fingerprint density at radius 2 is 1.91 bits per heavy atom. The Morgan fingerprint density at radius 1 is 1.14 bits per heavy atom. The summed E-state index contributed by atoms with van der Waals surface area (Å²) in [4.78, 5) is 6.84. The van der Waals surface area contributed by atoms with Gasteiger partial charge < -0.3 is 15.0 Å². The molecule has 2 aromatic rings. The van der Waals surface area contributed by atoms with E-state index in [2.05, 4.69) is 25.4 Å². The summed E-state index contributed by atoms with van der Waals surface area (Å²) in [5.74, 6) is 2.33. The van der Waals surface area contributed by atoms with Crippen LogP contribution in [0.3, 0.4) is 0 Å². The molecule has 0 atom stereocenters. The molecule has 3 rings (SSSR count). The van der Waals surface area contributed by atoms with Crippen molar-refractivity contribution in [2.24, 2.45) is 0 Å². The molecule has 1 aromatic heterocycles. The number of methoxy groups -OCH3 is 1. The SMILES string of the molecule is COc1ccc(CNc2nncc(N3CCCCC3)n2)cc1. The minimum Gasteiger partial charge on any atom is -0.497 e. The van der Waals surface area contributed by atoms with E-state index in [9.17, 15) is 0 Å². The first-order valence-electron chi connectivity index (χ1n) is 7.66. The lowest BCUT2D eigenvalue weighted by Crippen LogP contribution is -2.30. The van der Waals surface area contributed by atoms with Gasteiger partial charge in [0.05, 0.1) is 13.3 Å². The lowest BCUT2D eigenvalue weighted by Gasteiger charge is -2.27. The van der Waals surface area contributed by atoms with Gasteiger partial charge in [-0.1, -0.05) is 12.1 Å². The van der Waals surface area contributed by atoms with E-state index in [1.165, 1.54) is 19.3 Å². The van der Waals surface area contributed by atoms with Crippen molar-refractivity contribution in [3.8, 4) is 5.75 Å². The highest BCUT2D eigenvalue weighted by Crippen LogP contribution is 2.17. The van der Waals surface area contributed by atoms with Crippen LogP contribution in [-0.2, 0) is 6.54 Å². The van der Waals surface area contributed by atoms with E-state index in [-0.39, 0.29) is 0 Å². The summed E-state index contributed by atoms with van der Waals surface area (Å²) in [7, 11) is 1.67. The van der Waals surface area contributed by atoms with E-state index in [4.69, 9.17) is 4.74 Å². The lowest BCUT2D eigenvalue weighted by molar-refractivity contribution is 0.414. The Balaban J connectivity index is 1.62. The van der Waals surface area contributed by atoms with Crippen LogP contribution in [0.4, 0.5) is 11.8 Å². The third-order valence-corrected chi connectivity index (χ3v) is 3.84. The summed E-state index contributed by atoms with van der Waals surface area (Å²) in [5, 5.41) is 11.3. The topological polar surface area (TPSA) is 63.2 Å². The van der Waals surface area contributed by atoms with E-state index >= 15 is 0 Å². The van der Waals surface area contributed by atoms with Crippen molar-refractivity contribution in [3.63, 3.8) is 0 Å².